The van der Waals surface area contributed by atoms with E-state index in [0.29, 0.717) is 12.5 Å². The van der Waals surface area contributed by atoms with Crippen LogP contribution in [0.4, 0.5) is 5.69 Å². The van der Waals surface area contributed by atoms with Gasteiger partial charge in [0.25, 0.3) is 0 Å². The van der Waals surface area contributed by atoms with Crippen molar-refractivity contribution in [3.8, 4) is 5.88 Å². The average molecular weight is 352 g/mol. The lowest BCUT2D eigenvalue weighted by Gasteiger charge is -2.28. The molecule has 2 aromatic heterocycles. The van der Waals surface area contributed by atoms with Gasteiger partial charge < -0.3 is 10.1 Å². The maximum atomic E-state index is 5.89. The molecule has 1 N–H and O–H groups in total. The first kappa shape index (κ1) is 17.3. The third kappa shape index (κ3) is 4.52. The highest BCUT2D eigenvalue weighted by Gasteiger charge is 2.20. The molecule has 138 valence electrons. The summed E-state index contributed by atoms with van der Waals surface area (Å²) in [6.45, 7) is 4.77. The van der Waals surface area contributed by atoms with Crippen LogP contribution in [0.1, 0.15) is 43.2 Å². The van der Waals surface area contributed by atoms with Crippen molar-refractivity contribution in [1.82, 2.24) is 14.9 Å². The molecule has 0 aromatic carbocycles. The van der Waals surface area contributed by atoms with Gasteiger partial charge in [-0.3, -0.25) is 9.88 Å². The minimum Gasteiger partial charge on any atom is -0.473 e. The molecule has 0 spiro atoms. The quantitative estimate of drug-likeness (QED) is 0.885. The van der Waals surface area contributed by atoms with Gasteiger partial charge in [0.2, 0.25) is 5.88 Å². The molecule has 0 atom stereocenters. The van der Waals surface area contributed by atoms with Crippen LogP contribution < -0.4 is 10.1 Å². The van der Waals surface area contributed by atoms with Crippen LogP contribution >= 0.6 is 0 Å². The Morgan fingerprint density at radius 3 is 2.96 bits per heavy atom. The van der Waals surface area contributed by atoms with E-state index in [4.69, 9.17) is 4.74 Å². The lowest BCUT2D eigenvalue weighted by Crippen LogP contribution is -2.32. The number of hydrogen-bond donors (Lipinski definition) is 1. The molecule has 2 aliphatic rings. The van der Waals surface area contributed by atoms with Crippen molar-refractivity contribution in [1.29, 1.82) is 0 Å². The first-order chi connectivity index (χ1) is 12.9. The normalized spacial score (nSPS) is 18.6. The second-order valence-electron chi connectivity index (χ2n) is 7.50. The van der Waals surface area contributed by atoms with Crippen molar-refractivity contribution < 1.29 is 4.74 Å². The molecule has 0 amide bonds. The highest BCUT2D eigenvalue weighted by Crippen LogP contribution is 2.28. The zero-order valence-corrected chi connectivity index (χ0v) is 15.4. The van der Waals surface area contributed by atoms with E-state index in [1.807, 2.05) is 24.5 Å². The third-order valence-corrected chi connectivity index (χ3v) is 5.45. The zero-order valence-electron chi connectivity index (χ0n) is 15.4. The van der Waals surface area contributed by atoms with E-state index in [1.54, 1.807) is 6.20 Å². The number of nitrogens with zero attached hydrogens (tertiary/aromatic N) is 3. The second kappa shape index (κ2) is 8.49. The second-order valence-corrected chi connectivity index (χ2v) is 7.50. The summed E-state index contributed by atoms with van der Waals surface area (Å²) in [6, 6.07) is 6.04. The third-order valence-electron chi connectivity index (χ3n) is 5.45. The Morgan fingerprint density at radius 1 is 1.19 bits per heavy atom. The predicted molar refractivity (Wildman–Crippen MR) is 103 cm³/mol. The van der Waals surface area contributed by atoms with Gasteiger partial charge in [-0.15, -0.1) is 0 Å². The highest BCUT2D eigenvalue weighted by atomic mass is 16.5. The van der Waals surface area contributed by atoms with Gasteiger partial charge in [-0.05, 0) is 30.4 Å². The summed E-state index contributed by atoms with van der Waals surface area (Å²) in [7, 11) is 0. The van der Waals surface area contributed by atoms with Crippen molar-refractivity contribution in [3.63, 3.8) is 0 Å². The molecule has 3 heterocycles. The van der Waals surface area contributed by atoms with Gasteiger partial charge in [0.1, 0.15) is 6.61 Å². The molecule has 1 aliphatic carbocycles. The SMILES string of the molecule is c1cncc(COc2cc3c(cn2)NCCN(CC2CCCCC2)C3)c1. The number of aromatic nitrogens is 2. The van der Waals surface area contributed by atoms with Gasteiger partial charge in [-0.1, -0.05) is 25.3 Å². The monoisotopic (exact) mass is 352 g/mol. The first-order valence-corrected chi connectivity index (χ1v) is 9.84. The van der Waals surface area contributed by atoms with Gasteiger partial charge in [0.05, 0.1) is 11.9 Å². The fourth-order valence-corrected chi connectivity index (χ4v) is 4.04. The van der Waals surface area contributed by atoms with Crippen LogP contribution in [0.25, 0.3) is 0 Å². The summed E-state index contributed by atoms with van der Waals surface area (Å²) < 4.78 is 5.89. The summed E-state index contributed by atoms with van der Waals surface area (Å²) in [4.78, 5) is 11.2. The fraction of sp³-hybridized carbons (Fsp3) is 0.524. The lowest BCUT2D eigenvalue weighted by atomic mass is 9.89. The summed E-state index contributed by atoms with van der Waals surface area (Å²) >= 11 is 0. The lowest BCUT2D eigenvalue weighted by molar-refractivity contribution is 0.202. The van der Waals surface area contributed by atoms with E-state index < -0.39 is 0 Å². The van der Waals surface area contributed by atoms with Gasteiger partial charge in [-0.2, -0.15) is 0 Å². The fourth-order valence-electron chi connectivity index (χ4n) is 4.04. The molecular formula is C21H28N4O. The smallest absolute Gasteiger partial charge is 0.213 e. The van der Waals surface area contributed by atoms with E-state index in [1.165, 1.54) is 44.2 Å². The maximum absolute atomic E-state index is 5.89. The molecule has 4 rings (SSSR count). The number of pyridine rings is 2. The average Bonchev–Trinajstić information content (AvgIpc) is 2.89. The molecule has 5 nitrogen and oxygen atoms in total. The maximum Gasteiger partial charge on any atom is 0.213 e. The van der Waals surface area contributed by atoms with Crippen LogP contribution in [-0.4, -0.2) is 34.5 Å². The summed E-state index contributed by atoms with van der Waals surface area (Å²) in [6.07, 6.45) is 12.5. The molecule has 0 radical (unpaired) electrons. The standard InChI is InChI=1S/C21H28N4O/c1-2-5-17(6-3-1)14-25-10-9-23-20-13-24-21(11-19(20)15-25)26-16-18-7-4-8-22-12-18/h4,7-8,11-13,17,23H,1-3,5-6,9-10,14-16H2. The number of ether oxygens (including phenoxy) is 1. The summed E-state index contributed by atoms with van der Waals surface area (Å²) in [5.74, 6) is 1.56. The number of rotatable bonds is 5. The van der Waals surface area contributed by atoms with Crippen molar-refractivity contribution >= 4 is 5.69 Å². The van der Waals surface area contributed by atoms with Crippen molar-refractivity contribution in [2.75, 3.05) is 25.0 Å². The molecule has 1 aliphatic heterocycles. The van der Waals surface area contributed by atoms with Gasteiger partial charge >= 0.3 is 0 Å². The van der Waals surface area contributed by atoms with E-state index >= 15 is 0 Å². The molecule has 1 fully saturated rings. The summed E-state index contributed by atoms with van der Waals surface area (Å²) in [5.41, 5.74) is 3.49. The number of anilines is 1. The molecule has 0 saturated heterocycles. The van der Waals surface area contributed by atoms with Crippen LogP contribution in [0.2, 0.25) is 0 Å². The molecule has 0 unspecified atom stereocenters. The van der Waals surface area contributed by atoms with E-state index in [9.17, 15) is 0 Å². The molecule has 1 saturated carbocycles. The molecule has 26 heavy (non-hydrogen) atoms. The Kier molecular flexibility index (Phi) is 5.65. The molecule has 5 heteroatoms. The Morgan fingerprint density at radius 2 is 2.12 bits per heavy atom. The van der Waals surface area contributed by atoms with Gasteiger partial charge in [-0.25, -0.2) is 4.98 Å². The Balaban J connectivity index is 1.40. The summed E-state index contributed by atoms with van der Waals surface area (Å²) in [5, 5.41) is 3.52. The molecular weight excluding hydrogens is 324 g/mol. The van der Waals surface area contributed by atoms with Gasteiger partial charge in [0.15, 0.2) is 0 Å². The first-order valence-electron chi connectivity index (χ1n) is 9.84. The Bertz CT molecular complexity index is 700. The predicted octanol–water partition coefficient (Wildman–Crippen LogP) is 3.86. The van der Waals surface area contributed by atoms with E-state index in [2.05, 4.69) is 26.3 Å². The van der Waals surface area contributed by atoms with Gasteiger partial charge in [0, 0.05) is 50.2 Å². The van der Waals surface area contributed by atoms with Crippen LogP contribution in [0.3, 0.4) is 0 Å². The minimum absolute atomic E-state index is 0.499. The number of fused-ring (bicyclic) bond motifs is 1. The van der Waals surface area contributed by atoms with E-state index in [0.717, 1.165) is 36.8 Å². The topological polar surface area (TPSA) is 50.3 Å². The molecule has 0 bridgehead atoms. The van der Waals surface area contributed by atoms with Crippen molar-refractivity contribution in [2.24, 2.45) is 5.92 Å². The van der Waals surface area contributed by atoms with Crippen LogP contribution in [0.15, 0.2) is 36.8 Å². The Labute approximate surface area is 155 Å². The van der Waals surface area contributed by atoms with Crippen LogP contribution in [0, 0.1) is 5.92 Å². The number of nitrogens with one attached hydrogen (secondary N) is 1. The van der Waals surface area contributed by atoms with E-state index in [-0.39, 0.29) is 0 Å². The zero-order chi connectivity index (χ0) is 17.6. The van der Waals surface area contributed by atoms with Crippen LogP contribution in [-0.2, 0) is 13.2 Å². The van der Waals surface area contributed by atoms with Crippen LogP contribution in [0.5, 0.6) is 5.88 Å². The molecule has 2 aromatic rings. The Hall–Kier alpha value is -2.14. The largest absolute Gasteiger partial charge is 0.473 e. The van der Waals surface area contributed by atoms with Crippen molar-refractivity contribution in [2.45, 2.75) is 45.3 Å². The minimum atomic E-state index is 0.499. The highest BCUT2D eigenvalue weighted by molar-refractivity contribution is 5.51. The number of hydrogen-bond acceptors (Lipinski definition) is 5. The van der Waals surface area contributed by atoms with Crippen molar-refractivity contribution in [3.05, 3.63) is 47.9 Å².